The molecular weight excluding hydrogens is 275 g/mol. The summed E-state index contributed by atoms with van der Waals surface area (Å²) in [4.78, 5) is 9.71. The molecule has 0 fully saturated rings. The molecule has 0 heterocycles. The fraction of sp³-hybridized carbons (Fsp3) is 0.500. The van der Waals surface area contributed by atoms with Crippen LogP contribution in [0, 0.1) is 16.0 Å². The predicted octanol–water partition coefficient (Wildman–Crippen LogP) is 2.88. The van der Waals surface area contributed by atoms with Gasteiger partial charge in [-0.2, -0.15) is 13.2 Å². The van der Waals surface area contributed by atoms with Crippen molar-refractivity contribution < 1.29 is 18.1 Å². The molecule has 0 aliphatic carbocycles. The number of rotatable bonds is 6. The Labute approximate surface area is 114 Å². The molecule has 0 aliphatic rings. The largest absolute Gasteiger partial charge is 0.418 e. The summed E-state index contributed by atoms with van der Waals surface area (Å²) in [6.45, 7) is 2.87. The molecule has 1 atom stereocenters. The monoisotopic (exact) mass is 291 g/mol. The fourth-order valence-electron chi connectivity index (χ4n) is 1.74. The first-order valence-corrected chi connectivity index (χ1v) is 5.99. The molecule has 0 radical (unpaired) electrons. The third-order valence-corrected chi connectivity index (χ3v) is 2.71. The van der Waals surface area contributed by atoms with Gasteiger partial charge >= 0.3 is 6.18 Å². The van der Waals surface area contributed by atoms with Crippen molar-refractivity contribution in [2.75, 3.05) is 25.5 Å². The van der Waals surface area contributed by atoms with E-state index in [1.165, 1.54) is 0 Å². The van der Waals surface area contributed by atoms with Gasteiger partial charge in [0.05, 0.1) is 10.5 Å². The van der Waals surface area contributed by atoms with E-state index in [9.17, 15) is 23.3 Å². The lowest BCUT2D eigenvalue weighted by molar-refractivity contribution is -0.385. The molecule has 0 amide bonds. The summed E-state index contributed by atoms with van der Waals surface area (Å²) in [5.74, 6) is 0.122. The van der Waals surface area contributed by atoms with Crippen LogP contribution in [0.15, 0.2) is 18.2 Å². The molecule has 0 aliphatic heterocycles. The van der Waals surface area contributed by atoms with Crippen molar-refractivity contribution in [1.82, 2.24) is 5.32 Å². The third kappa shape index (κ3) is 4.37. The van der Waals surface area contributed by atoms with E-state index in [0.29, 0.717) is 19.2 Å². The van der Waals surface area contributed by atoms with Gasteiger partial charge in [-0.05, 0) is 25.6 Å². The first-order valence-electron chi connectivity index (χ1n) is 5.99. The number of halogens is 3. The second kappa shape index (κ2) is 6.56. The van der Waals surface area contributed by atoms with E-state index < -0.39 is 22.4 Å². The maximum Gasteiger partial charge on any atom is 0.418 e. The maximum absolute atomic E-state index is 12.9. The number of alkyl halides is 3. The van der Waals surface area contributed by atoms with Crippen LogP contribution in [0.5, 0.6) is 0 Å². The van der Waals surface area contributed by atoms with Gasteiger partial charge in [0.2, 0.25) is 0 Å². The van der Waals surface area contributed by atoms with Crippen LogP contribution in [-0.2, 0) is 6.18 Å². The average Bonchev–Trinajstić information content (AvgIpc) is 2.35. The van der Waals surface area contributed by atoms with Crippen LogP contribution in [-0.4, -0.2) is 25.1 Å². The molecule has 1 aromatic carbocycles. The van der Waals surface area contributed by atoms with Crippen LogP contribution in [0.25, 0.3) is 0 Å². The first kappa shape index (κ1) is 16.2. The van der Waals surface area contributed by atoms with E-state index in [4.69, 9.17) is 0 Å². The van der Waals surface area contributed by atoms with E-state index in [0.717, 1.165) is 12.1 Å². The Kier molecular flexibility index (Phi) is 5.32. The van der Waals surface area contributed by atoms with Crippen molar-refractivity contribution in [3.05, 3.63) is 33.9 Å². The summed E-state index contributed by atoms with van der Waals surface area (Å²) >= 11 is 0. The van der Waals surface area contributed by atoms with Gasteiger partial charge in [-0.25, -0.2) is 0 Å². The van der Waals surface area contributed by atoms with Crippen LogP contribution in [0.2, 0.25) is 0 Å². The normalized spacial score (nSPS) is 13.1. The second-order valence-corrected chi connectivity index (χ2v) is 4.53. The molecule has 0 bridgehead atoms. The van der Waals surface area contributed by atoms with Gasteiger partial charge in [0.15, 0.2) is 0 Å². The lowest BCUT2D eigenvalue weighted by atomic mass is 10.1. The minimum Gasteiger partial charge on any atom is -0.384 e. The Morgan fingerprint density at radius 1 is 1.35 bits per heavy atom. The molecular formula is C12H16F3N3O2. The highest BCUT2D eigenvalue weighted by Crippen LogP contribution is 2.37. The van der Waals surface area contributed by atoms with Gasteiger partial charge in [-0.15, -0.1) is 0 Å². The topological polar surface area (TPSA) is 67.2 Å². The summed E-state index contributed by atoms with van der Waals surface area (Å²) in [5, 5.41) is 16.2. The number of nitro groups is 1. The molecule has 1 rings (SSSR count). The number of non-ortho nitro benzene ring substituents is 1. The molecule has 8 heteroatoms. The summed E-state index contributed by atoms with van der Waals surface area (Å²) in [7, 11) is 1.75. The highest BCUT2D eigenvalue weighted by atomic mass is 19.4. The Hall–Kier alpha value is -1.83. The number of nitro benzene ring substituents is 1. The van der Waals surface area contributed by atoms with E-state index in [1.807, 2.05) is 6.92 Å². The molecule has 112 valence electrons. The van der Waals surface area contributed by atoms with E-state index in [-0.39, 0.29) is 11.6 Å². The number of benzene rings is 1. The second-order valence-electron chi connectivity index (χ2n) is 4.53. The third-order valence-electron chi connectivity index (χ3n) is 2.71. The highest BCUT2D eigenvalue weighted by Gasteiger charge is 2.35. The Balaban J connectivity index is 2.98. The van der Waals surface area contributed by atoms with Crippen LogP contribution < -0.4 is 10.6 Å². The minimum absolute atomic E-state index is 0.122. The lowest BCUT2D eigenvalue weighted by Gasteiger charge is -2.17. The average molecular weight is 291 g/mol. The molecule has 1 aromatic rings. The smallest absolute Gasteiger partial charge is 0.384 e. The van der Waals surface area contributed by atoms with Crippen LogP contribution >= 0.6 is 0 Å². The molecule has 2 N–H and O–H groups in total. The summed E-state index contributed by atoms with van der Waals surface area (Å²) in [5.41, 5.74) is -1.75. The quantitative estimate of drug-likeness (QED) is 0.624. The maximum atomic E-state index is 12.9. The summed E-state index contributed by atoms with van der Waals surface area (Å²) < 4.78 is 38.7. The molecule has 20 heavy (non-hydrogen) atoms. The van der Waals surface area contributed by atoms with E-state index in [2.05, 4.69) is 10.6 Å². The molecule has 5 nitrogen and oxygen atoms in total. The Morgan fingerprint density at radius 2 is 2.00 bits per heavy atom. The molecule has 0 saturated carbocycles. The molecule has 0 aromatic heterocycles. The zero-order valence-electron chi connectivity index (χ0n) is 11.1. The fourth-order valence-corrected chi connectivity index (χ4v) is 1.74. The Morgan fingerprint density at radius 3 is 2.50 bits per heavy atom. The van der Waals surface area contributed by atoms with Crippen LogP contribution in [0.4, 0.5) is 24.5 Å². The van der Waals surface area contributed by atoms with Gasteiger partial charge in [0, 0.05) is 24.4 Å². The number of hydrogen-bond acceptors (Lipinski definition) is 4. The molecule has 0 saturated heterocycles. The highest BCUT2D eigenvalue weighted by molar-refractivity contribution is 5.57. The van der Waals surface area contributed by atoms with Gasteiger partial charge in [0.25, 0.3) is 5.69 Å². The molecule has 1 unspecified atom stereocenters. The minimum atomic E-state index is -4.64. The van der Waals surface area contributed by atoms with Crippen molar-refractivity contribution >= 4 is 11.4 Å². The van der Waals surface area contributed by atoms with Gasteiger partial charge in [-0.3, -0.25) is 10.1 Å². The zero-order valence-corrected chi connectivity index (χ0v) is 11.1. The van der Waals surface area contributed by atoms with Gasteiger partial charge < -0.3 is 10.6 Å². The number of nitrogens with zero attached hydrogens (tertiary/aromatic N) is 1. The van der Waals surface area contributed by atoms with Gasteiger partial charge in [0.1, 0.15) is 0 Å². The molecule has 0 spiro atoms. The summed E-state index contributed by atoms with van der Waals surface area (Å²) in [6, 6.07) is 2.69. The SMILES string of the molecule is CNCC(C)CNc1ccc([N+](=O)[O-])cc1C(F)(F)F. The van der Waals surface area contributed by atoms with Crippen molar-refractivity contribution in [2.45, 2.75) is 13.1 Å². The standard InChI is InChI=1S/C12H16F3N3O2/c1-8(6-16-2)7-17-11-4-3-9(18(19)20)5-10(11)12(13,14)15/h3-5,8,16-17H,6-7H2,1-2H3. The zero-order chi connectivity index (χ0) is 15.3. The summed E-state index contributed by atoms with van der Waals surface area (Å²) in [6.07, 6.45) is -4.64. The van der Waals surface area contributed by atoms with E-state index in [1.54, 1.807) is 7.05 Å². The predicted molar refractivity (Wildman–Crippen MR) is 69.7 cm³/mol. The number of hydrogen-bond donors (Lipinski definition) is 2. The van der Waals surface area contributed by atoms with Crippen LogP contribution in [0.1, 0.15) is 12.5 Å². The number of anilines is 1. The van der Waals surface area contributed by atoms with Crippen LogP contribution in [0.3, 0.4) is 0 Å². The lowest BCUT2D eigenvalue weighted by Crippen LogP contribution is -2.23. The van der Waals surface area contributed by atoms with E-state index >= 15 is 0 Å². The first-order chi connectivity index (χ1) is 9.25. The van der Waals surface area contributed by atoms with Crippen molar-refractivity contribution in [3.8, 4) is 0 Å². The Bertz CT molecular complexity index is 478. The van der Waals surface area contributed by atoms with Gasteiger partial charge in [-0.1, -0.05) is 6.92 Å². The van der Waals surface area contributed by atoms with Crippen molar-refractivity contribution in [2.24, 2.45) is 5.92 Å². The van der Waals surface area contributed by atoms with Crippen molar-refractivity contribution in [3.63, 3.8) is 0 Å². The number of nitrogens with one attached hydrogen (secondary N) is 2. The van der Waals surface area contributed by atoms with Crippen molar-refractivity contribution in [1.29, 1.82) is 0 Å².